The molecular formula is C7H8ClN7. The highest BCUT2D eigenvalue weighted by Crippen LogP contribution is 2.20. The van der Waals surface area contributed by atoms with Crippen molar-refractivity contribution in [1.29, 1.82) is 0 Å². The number of nitrogen functional groups attached to an aromatic ring is 1. The minimum Gasteiger partial charge on any atom is -0.397 e. The Hall–Kier alpha value is -1.89. The van der Waals surface area contributed by atoms with Gasteiger partial charge in [0.15, 0.2) is 5.82 Å². The van der Waals surface area contributed by atoms with Gasteiger partial charge in [0.05, 0.1) is 23.5 Å². The number of aromatic nitrogens is 5. The molecule has 0 aliphatic rings. The van der Waals surface area contributed by atoms with Gasteiger partial charge >= 0.3 is 0 Å². The average molecular weight is 226 g/mol. The summed E-state index contributed by atoms with van der Waals surface area (Å²) >= 11 is 5.90. The SMILES string of the molecule is Nc1cnc(NCc2nn[nH]n2)c(Cl)c1. The molecule has 0 saturated carbocycles. The van der Waals surface area contributed by atoms with E-state index in [0.29, 0.717) is 28.9 Å². The Labute approximate surface area is 90.0 Å². The van der Waals surface area contributed by atoms with Crippen molar-refractivity contribution in [3.8, 4) is 0 Å². The van der Waals surface area contributed by atoms with Gasteiger partial charge in [0.2, 0.25) is 0 Å². The minimum atomic E-state index is 0.396. The Morgan fingerprint density at radius 1 is 1.53 bits per heavy atom. The van der Waals surface area contributed by atoms with Crippen LogP contribution in [0.5, 0.6) is 0 Å². The molecule has 2 aromatic heterocycles. The molecule has 4 N–H and O–H groups in total. The molecule has 0 radical (unpaired) electrons. The number of anilines is 2. The molecule has 0 saturated heterocycles. The summed E-state index contributed by atoms with van der Waals surface area (Å²) in [4.78, 5) is 4.02. The Morgan fingerprint density at radius 3 is 3.07 bits per heavy atom. The van der Waals surface area contributed by atoms with Crippen LogP contribution in [0.3, 0.4) is 0 Å². The van der Waals surface area contributed by atoms with Crippen LogP contribution in [0.1, 0.15) is 5.82 Å². The summed E-state index contributed by atoms with van der Waals surface area (Å²) in [6.07, 6.45) is 1.52. The monoisotopic (exact) mass is 225 g/mol. The van der Waals surface area contributed by atoms with Gasteiger partial charge in [-0.3, -0.25) is 0 Å². The predicted octanol–water partition coefficient (Wildman–Crippen LogP) is 0.442. The minimum absolute atomic E-state index is 0.396. The maximum Gasteiger partial charge on any atom is 0.193 e. The summed E-state index contributed by atoms with van der Waals surface area (Å²) in [7, 11) is 0. The van der Waals surface area contributed by atoms with E-state index in [2.05, 4.69) is 30.9 Å². The number of nitrogens with one attached hydrogen (secondary N) is 2. The van der Waals surface area contributed by atoms with Crippen molar-refractivity contribution in [3.05, 3.63) is 23.1 Å². The van der Waals surface area contributed by atoms with Crippen molar-refractivity contribution in [2.24, 2.45) is 0 Å². The predicted molar refractivity (Wildman–Crippen MR) is 55.2 cm³/mol. The van der Waals surface area contributed by atoms with E-state index in [1.165, 1.54) is 6.20 Å². The van der Waals surface area contributed by atoms with E-state index in [4.69, 9.17) is 17.3 Å². The fourth-order valence-corrected chi connectivity index (χ4v) is 1.24. The van der Waals surface area contributed by atoms with Gasteiger partial charge < -0.3 is 11.1 Å². The molecule has 0 aliphatic heterocycles. The molecule has 2 heterocycles. The topological polar surface area (TPSA) is 105 Å². The number of nitrogens with zero attached hydrogens (tertiary/aromatic N) is 4. The van der Waals surface area contributed by atoms with Crippen LogP contribution in [0.25, 0.3) is 0 Å². The molecular weight excluding hydrogens is 218 g/mol. The zero-order valence-corrected chi connectivity index (χ0v) is 8.36. The molecule has 7 nitrogen and oxygen atoms in total. The lowest BCUT2D eigenvalue weighted by atomic mass is 10.4. The molecule has 0 unspecified atom stereocenters. The molecule has 0 amide bonds. The third-order valence-corrected chi connectivity index (χ3v) is 1.95. The molecule has 0 aliphatic carbocycles. The molecule has 2 rings (SSSR count). The largest absolute Gasteiger partial charge is 0.397 e. The van der Waals surface area contributed by atoms with Crippen LogP contribution in [0.2, 0.25) is 5.02 Å². The first-order valence-corrected chi connectivity index (χ1v) is 4.50. The molecule has 8 heteroatoms. The maximum atomic E-state index is 5.90. The van der Waals surface area contributed by atoms with E-state index in [9.17, 15) is 0 Å². The van der Waals surface area contributed by atoms with E-state index in [0.717, 1.165) is 0 Å². The number of tetrazole rings is 1. The number of rotatable bonds is 3. The standard InChI is InChI=1S/C7H8ClN7/c8-5-1-4(9)2-10-7(5)11-3-6-12-14-15-13-6/h1-2H,3,9H2,(H,10,11)(H,12,13,14,15). The van der Waals surface area contributed by atoms with Crippen LogP contribution in [-0.4, -0.2) is 25.6 Å². The lowest BCUT2D eigenvalue weighted by Gasteiger charge is -2.04. The highest BCUT2D eigenvalue weighted by atomic mass is 35.5. The zero-order valence-electron chi connectivity index (χ0n) is 7.61. The molecule has 0 fully saturated rings. The quantitative estimate of drug-likeness (QED) is 0.700. The Kier molecular flexibility index (Phi) is 2.64. The molecule has 0 aromatic carbocycles. The van der Waals surface area contributed by atoms with Crippen LogP contribution in [-0.2, 0) is 6.54 Å². The van der Waals surface area contributed by atoms with Gasteiger partial charge in [-0.15, -0.1) is 10.2 Å². The summed E-state index contributed by atoms with van der Waals surface area (Å²) in [6.45, 7) is 0.396. The fourth-order valence-electron chi connectivity index (χ4n) is 1.00. The number of nitrogens with two attached hydrogens (primary N) is 1. The van der Waals surface area contributed by atoms with Gasteiger partial charge in [-0.05, 0) is 6.07 Å². The second-order valence-corrected chi connectivity index (χ2v) is 3.19. The Balaban J connectivity index is 2.05. The van der Waals surface area contributed by atoms with E-state index < -0.39 is 0 Å². The molecule has 0 bridgehead atoms. The van der Waals surface area contributed by atoms with Gasteiger partial charge in [-0.2, -0.15) is 5.21 Å². The second kappa shape index (κ2) is 4.09. The van der Waals surface area contributed by atoms with E-state index in [1.54, 1.807) is 6.07 Å². The summed E-state index contributed by atoms with van der Waals surface area (Å²) < 4.78 is 0. The van der Waals surface area contributed by atoms with Gasteiger partial charge in [0.1, 0.15) is 5.82 Å². The van der Waals surface area contributed by atoms with Crippen molar-refractivity contribution in [2.75, 3.05) is 11.1 Å². The molecule has 15 heavy (non-hydrogen) atoms. The highest BCUT2D eigenvalue weighted by molar-refractivity contribution is 6.33. The van der Waals surface area contributed by atoms with Crippen LogP contribution in [0.4, 0.5) is 11.5 Å². The van der Waals surface area contributed by atoms with Gasteiger partial charge in [-0.1, -0.05) is 16.8 Å². The number of hydrogen-bond acceptors (Lipinski definition) is 6. The Bertz CT molecular complexity index is 441. The molecule has 0 atom stereocenters. The second-order valence-electron chi connectivity index (χ2n) is 2.78. The fraction of sp³-hybridized carbons (Fsp3) is 0.143. The van der Waals surface area contributed by atoms with Gasteiger partial charge in [0.25, 0.3) is 0 Å². The van der Waals surface area contributed by atoms with Gasteiger partial charge in [0, 0.05) is 0 Å². The smallest absolute Gasteiger partial charge is 0.193 e. The molecule has 2 aromatic rings. The summed E-state index contributed by atoms with van der Waals surface area (Å²) in [5.41, 5.74) is 6.02. The summed E-state index contributed by atoms with van der Waals surface area (Å²) in [5, 5.41) is 16.7. The highest BCUT2D eigenvalue weighted by Gasteiger charge is 2.03. The lowest BCUT2D eigenvalue weighted by Crippen LogP contribution is -2.04. The summed E-state index contributed by atoms with van der Waals surface area (Å²) in [5.74, 6) is 1.07. The van der Waals surface area contributed by atoms with E-state index in [1.807, 2.05) is 0 Å². The van der Waals surface area contributed by atoms with Crippen LogP contribution in [0, 0.1) is 0 Å². The third-order valence-electron chi connectivity index (χ3n) is 1.67. The van der Waals surface area contributed by atoms with Crippen molar-refractivity contribution in [1.82, 2.24) is 25.6 Å². The van der Waals surface area contributed by atoms with Crippen molar-refractivity contribution >= 4 is 23.1 Å². The molecule has 0 spiro atoms. The van der Waals surface area contributed by atoms with Crippen molar-refractivity contribution < 1.29 is 0 Å². The van der Waals surface area contributed by atoms with Crippen LogP contribution < -0.4 is 11.1 Å². The zero-order chi connectivity index (χ0) is 10.7. The van der Waals surface area contributed by atoms with E-state index >= 15 is 0 Å². The lowest BCUT2D eigenvalue weighted by molar-refractivity contribution is 0.881. The first-order valence-electron chi connectivity index (χ1n) is 4.13. The number of aromatic amines is 1. The van der Waals surface area contributed by atoms with Crippen molar-refractivity contribution in [2.45, 2.75) is 6.54 Å². The van der Waals surface area contributed by atoms with Crippen LogP contribution in [0.15, 0.2) is 12.3 Å². The van der Waals surface area contributed by atoms with Crippen molar-refractivity contribution in [3.63, 3.8) is 0 Å². The average Bonchev–Trinajstić information content (AvgIpc) is 2.69. The molecule has 78 valence electrons. The normalized spacial score (nSPS) is 10.2. The summed E-state index contributed by atoms with van der Waals surface area (Å²) in [6, 6.07) is 1.62. The first-order chi connectivity index (χ1) is 7.25. The Morgan fingerprint density at radius 2 is 2.40 bits per heavy atom. The maximum absolute atomic E-state index is 5.90. The number of H-pyrrole nitrogens is 1. The third kappa shape index (κ3) is 2.32. The van der Waals surface area contributed by atoms with Gasteiger partial charge in [-0.25, -0.2) is 4.98 Å². The van der Waals surface area contributed by atoms with E-state index in [-0.39, 0.29) is 0 Å². The van der Waals surface area contributed by atoms with Crippen LogP contribution >= 0.6 is 11.6 Å². The number of hydrogen-bond donors (Lipinski definition) is 3. The first kappa shape index (κ1) is 9.66. The number of halogens is 1. The number of pyridine rings is 1.